The van der Waals surface area contributed by atoms with Crippen LogP contribution >= 0.6 is 0 Å². The summed E-state index contributed by atoms with van der Waals surface area (Å²) in [6, 6.07) is 23.2. The van der Waals surface area contributed by atoms with Crippen LogP contribution in [-0.2, 0) is 7.05 Å². The molecule has 0 unspecified atom stereocenters. The van der Waals surface area contributed by atoms with Gasteiger partial charge in [0.05, 0.1) is 11.2 Å². The number of hydrogen-bond acceptors (Lipinski definition) is 2. The number of rotatable bonds is 2. The van der Waals surface area contributed by atoms with Gasteiger partial charge in [-0.25, -0.2) is 0 Å². The van der Waals surface area contributed by atoms with Gasteiger partial charge < -0.3 is 4.57 Å². The third kappa shape index (κ3) is 2.21. The summed E-state index contributed by atoms with van der Waals surface area (Å²) in [5.41, 5.74) is 6.93. The van der Waals surface area contributed by atoms with Gasteiger partial charge in [0.15, 0.2) is 0 Å². The summed E-state index contributed by atoms with van der Waals surface area (Å²) < 4.78 is 2.22. The zero-order valence-corrected chi connectivity index (χ0v) is 14.4. The molecule has 0 aliphatic carbocycles. The van der Waals surface area contributed by atoms with Crippen molar-refractivity contribution in [1.82, 2.24) is 14.5 Å². The highest BCUT2D eigenvalue weighted by atomic mass is 14.9. The first-order chi connectivity index (χ1) is 12.8. The Morgan fingerprint density at radius 1 is 0.731 bits per heavy atom. The highest BCUT2D eigenvalue weighted by molar-refractivity contribution is 6.09. The Morgan fingerprint density at radius 2 is 1.54 bits per heavy atom. The Balaban J connectivity index is 1.78. The quantitative estimate of drug-likeness (QED) is 0.429. The third-order valence-corrected chi connectivity index (χ3v) is 4.99. The van der Waals surface area contributed by atoms with Crippen LogP contribution in [0.1, 0.15) is 0 Å². The molecular weight excluding hydrogens is 318 g/mol. The lowest BCUT2D eigenvalue weighted by atomic mass is 9.96. The van der Waals surface area contributed by atoms with Crippen LogP contribution in [-0.4, -0.2) is 14.5 Å². The Morgan fingerprint density at radius 3 is 2.38 bits per heavy atom. The van der Waals surface area contributed by atoms with E-state index in [-0.39, 0.29) is 0 Å². The molecule has 0 amide bonds. The molecule has 0 saturated carbocycles. The van der Waals surface area contributed by atoms with Gasteiger partial charge in [-0.2, -0.15) is 0 Å². The summed E-state index contributed by atoms with van der Waals surface area (Å²) in [6.45, 7) is 0. The van der Waals surface area contributed by atoms with Crippen LogP contribution in [0.15, 0.2) is 85.3 Å². The molecule has 0 fully saturated rings. The Hall–Kier alpha value is -3.46. The molecule has 0 saturated heterocycles. The molecule has 3 nitrogen and oxygen atoms in total. The molecule has 0 bridgehead atoms. The van der Waals surface area contributed by atoms with E-state index in [2.05, 4.69) is 76.2 Å². The van der Waals surface area contributed by atoms with Crippen LogP contribution in [0.2, 0.25) is 0 Å². The molecule has 3 heteroatoms. The van der Waals surface area contributed by atoms with Gasteiger partial charge in [-0.05, 0) is 41.5 Å². The monoisotopic (exact) mass is 335 g/mol. The van der Waals surface area contributed by atoms with Crippen molar-refractivity contribution in [2.45, 2.75) is 0 Å². The maximum atomic E-state index is 4.54. The summed E-state index contributed by atoms with van der Waals surface area (Å²) in [6.07, 6.45) is 5.64. The SMILES string of the molecule is Cn1c2ccncc2c2cc(-c3ccccc3-c3ccccn3)ccc21. The molecule has 0 spiro atoms. The van der Waals surface area contributed by atoms with Gasteiger partial charge >= 0.3 is 0 Å². The normalized spacial score (nSPS) is 11.3. The van der Waals surface area contributed by atoms with Gasteiger partial charge in [0.1, 0.15) is 0 Å². The summed E-state index contributed by atoms with van der Waals surface area (Å²) in [5.74, 6) is 0. The number of hydrogen-bond donors (Lipinski definition) is 0. The van der Waals surface area contributed by atoms with Crippen molar-refractivity contribution < 1.29 is 0 Å². The molecule has 0 N–H and O–H groups in total. The van der Waals surface area contributed by atoms with E-state index < -0.39 is 0 Å². The fourth-order valence-electron chi connectivity index (χ4n) is 3.71. The third-order valence-electron chi connectivity index (χ3n) is 4.99. The number of pyridine rings is 2. The number of nitrogens with zero attached hydrogens (tertiary/aromatic N) is 3. The summed E-state index contributed by atoms with van der Waals surface area (Å²) in [7, 11) is 2.10. The number of fused-ring (bicyclic) bond motifs is 3. The zero-order valence-electron chi connectivity index (χ0n) is 14.4. The van der Waals surface area contributed by atoms with Crippen molar-refractivity contribution >= 4 is 21.8 Å². The molecular formula is C23H17N3. The second-order valence-corrected chi connectivity index (χ2v) is 6.44. The van der Waals surface area contributed by atoms with E-state index in [1.807, 2.05) is 30.7 Å². The molecule has 26 heavy (non-hydrogen) atoms. The highest BCUT2D eigenvalue weighted by Crippen LogP contribution is 2.35. The van der Waals surface area contributed by atoms with E-state index >= 15 is 0 Å². The van der Waals surface area contributed by atoms with Crippen molar-refractivity contribution in [3.63, 3.8) is 0 Å². The topological polar surface area (TPSA) is 30.7 Å². The van der Waals surface area contributed by atoms with Gasteiger partial charge in [0.2, 0.25) is 0 Å². The zero-order chi connectivity index (χ0) is 17.5. The average Bonchev–Trinajstić information content (AvgIpc) is 3.01. The molecule has 3 heterocycles. The van der Waals surface area contributed by atoms with E-state index in [1.54, 1.807) is 0 Å². The first kappa shape index (κ1) is 14.8. The van der Waals surface area contributed by atoms with E-state index in [9.17, 15) is 0 Å². The molecule has 3 aromatic heterocycles. The standard InChI is InChI=1S/C23H17N3/c1-26-22-10-9-16(14-19(22)20-15-24-13-11-23(20)26)17-6-2-3-7-18(17)21-8-4-5-12-25-21/h2-15H,1H3. The van der Waals surface area contributed by atoms with E-state index in [0.29, 0.717) is 0 Å². The second kappa shape index (κ2) is 5.81. The van der Waals surface area contributed by atoms with Gasteiger partial charge in [0, 0.05) is 47.5 Å². The summed E-state index contributed by atoms with van der Waals surface area (Å²) >= 11 is 0. The minimum absolute atomic E-state index is 0.989. The predicted octanol–water partition coefficient (Wildman–Crippen LogP) is 5.46. The van der Waals surface area contributed by atoms with Crippen LogP contribution in [0.5, 0.6) is 0 Å². The highest BCUT2D eigenvalue weighted by Gasteiger charge is 2.12. The Kier molecular flexibility index (Phi) is 3.32. The predicted molar refractivity (Wildman–Crippen MR) is 107 cm³/mol. The maximum absolute atomic E-state index is 4.54. The molecule has 5 rings (SSSR count). The smallest absolute Gasteiger partial charge is 0.0708 e. The fourth-order valence-corrected chi connectivity index (χ4v) is 3.71. The largest absolute Gasteiger partial charge is 0.344 e. The van der Waals surface area contributed by atoms with E-state index in [1.165, 1.54) is 32.9 Å². The van der Waals surface area contributed by atoms with Crippen LogP contribution in [0, 0.1) is 0 Å². The summed E-state index contributed by atoms with van der Waals surface area (Å²) in [4.78, 5) is 8.86. The lowest BCUT2D eigenvalue weighted by Gasteiger charge is -2.10. The average molecular weight is 335 g/mol. The first-order valence-corrected chi connectivity index (χ1v) is 8.66. The molecule has 0 atom stereocenters. The molecule has 2 aromatic carbocycles. The lowest BCUT2D eigenvalue weighted by Crippen LogP contribution is -1.88. The number of aromatic nitrogens is 3. The van der Waals surface area contributed by atoms with E-state index in [4.69, 9.17) is 0 Å². The van der Waals surface area contributed by atoms with Gasteiger partial charge in [0.25, 0.3) is 0 Å². The summed E-state index contributed by atoms with van der Waals surface area (Å²) in [5, 5.41) is 2.41. The van der Waals surface area contributed by atoms with Crippen molar-refractivity contribution in [1.29, 1.82) is 0 Å². The Bertz CT molecular complexity index is 1240. The minimum Gasteiger partial charge on any atom is -0.344 e. The van der Waals surface area contributed by atoms with Gasteiger partial charge in [-0.1, -0.05) is 36.4 Å². The molecule has 124 valence electrons. The van der Waals surface area contributed by atoms with Gasteiger partial charge in [-0.3, -0.25) is 9.97 Å². The minimum atomic E-state index is 0.989. The lowest BCUT2D eigenvalue weighted by molar-refractivity contribution is 1.01. The van der Waals surface area contributed by atoms with Crippen LogP contribution in [0.4, 0.5) is 0 Å². The Labute approximate surface area is 151 Å². The van der Waals surface area contributed by atoms with Crippen molar-refractivity contribution in [3.05, 3.63) is 85.3 Å². The molecule has 0 aliphatic heterocycles. The molecule has 0 radical (unpaired) electrons. The van der Waals surface area contributed by atoms with Crippen LogP contribution in [0.25, 0.3) is 44.2 Å². The van der Waals surface area contributed by atoms with E-state index in [0.717, 1.165) is 11.3 Å². The van der Waals surface area contributed by atoms with Crippen molar-refractivity contribution in [3.8, 4) is 22.4 Å². The molecule has 5 aromatic rings. The van der Waals surface area contributed by atoms with Crippen LogP contribution < -0.4 is 0 Å². The van der Waals surface area contributed by atoms with Crippen molar-refractivity contribution in [2.24, 2.45) is 7.05 Å². The van der Waals surface area contributed by atoms with Crippen LogP contribution in [0.3, 0.4) is 0 Å². The van der Waals surface area contributed by atoms with Gasteiger partial charge in [-0.15, -0.1) is 0 Å². The first-order valence-electron chi connectivity index (χ1n) is 8.66. The maximum Gasteiger partial charge on any atom is 0.0708 e. The number of aryl methyl sites for hydroxylation is 1. The number of benzene rings is 2. The van der Waals surface area contributed by atoms with Crippen molar-refractivity contribution in [2.75, 3.05) is 0 Å². The molecule has 0 aliphatic rings. The second-order valence-electron chi connectivity index (χ2n) is 6.44. The fraction of sp³-hybridized carbons (Fsp3) is 0.0435.